The summed E-state index contributed by atoms with van der Waals surface area (Å²) in [4.78, 5) is 22.2. The molecule has 0 spiro atoms. The first kappa shape index (κ1) is 17.4. The SMILES string of the molecule is Cc1cccc(C(=O)Oc2c(Br)cc(Br)cc2C=C[N+](=O)[O-])c1. The van der Waals surface area contributed by atoms with Crippen molar-refractivity contribution in [2.75, 3.05) is 0 Å². The van der Waals surface area contributed by atoms with E-state index < -0.39 is 10.9 Å². The maximum atomic E-state index is 12.3. The maximum Gasteiger partial charge on any atom is 0.343 e. The lowest BCUT2D eigenvalue weighted by atomic mass is 10.1. The Balaban J connectivity index is 2.38. The molecule has 23 heavy (non-hydrogen) atoms. The fourth-order valence-corrected chi connectivity index (χ4v) is 3.22. The second-order valence-electron chi connectivity index (χ2n) is 4.67. The van der Waals surface area contributed by atoms with Gasteiger partial charge in [-0.25, -0.2) is 4.79 Å². The molecular formula is C16H11Br2NO4. The molecule has 2 aromatic carbocycles. The van der Waals surface area contributed by atoms with Crippen LogP contribution < -0.4 is 4.74 Å². The lowest BCUT2D eigenvalue weighted by Gasteiger charge is -2.10. The number of hydrogen-bond donors (Lipinski definition) is 0. The number of nitro groups is 1. The van der Waals surface area contributed by atoms with Crippen LogP contribution in [0, 0.1) is 17.0 Å². The van der Waals surface area contributed by atoms with Gasteiger partial charge in [-0.1, -0.05) is 33.6 Å². The van der Waals surface area contributed by atoms with Crippen molar-refractivity contribution >= 4 is 43.9 Å². The highest BCUT2D eigenvalue weighted by molar-refractivity contribution is 9.11. The first-order chi connectivity index (χ1) is 10.9. The molecule has 0 N–H and O–H groups in total. The molecule has 0 aliphatic rings. The Morgan fingerprint density at radius 1 is 1.26 bits per heavy atom. The molecule has 0 atom stereocenters. The number of rotatable bonds is 4. The molecule has 2 rings (SSSR count). The van der Waals surface area contributed by atoms with E-state index in [0.717, 1.165) is 11.8 Å². The molecule has 2 aromatic rings. The van der Waals surface area contributed by atoms with Gasteiger partial charge in [-0.15, -0.1) is 0 Å². The van der Waals surface area contributed by atoms with Crippen molar-refractivity contribution < 1.29 is 14.5 Å². The van der Waals surface area contributed by atoms with E-state index in [1.807, 2.05) is 13.0 Å². The molecule has 0 heterocycles. The average molecular weight is 441 g/mol. The summed E-state index contributed by atoms with van der Waals surface area (Å²) in [6, 6.07) is 10.3. The van der Waals surface area contributed by atoms with Gasteiger partial charge in [0.05, 0.1) is 15.0 Å². The number of aryl methyl sites for hydroxylation is 1. The smallest absolute Gasteiger partial charge is 0.343 e. The second-order valence-corrected chi connectivity index (χ2v) is 6.44. The van der Waals surface area contributed by atoms with Crippen molar-refractivity contribution in [1.82, 2.24) is 0 Å². The van der Waals surface area contributed by atoms with Gasteiger partial charge in [0.2, 0.25) is 6.20 Å². The molecule has 0 aromatic heterocycles. The minimum absolute atomic E-state index is 0.220. The number of ether oxygens (including phenoxy) is 1. The van der Waals surface area contributed by atoms with Crippen LogP contribution in [0.2, 0.25) is 0 Å². The van der Waals surface area contributed by atoms with Crippen LogP contribution in [0.15, 0.2) is 51.5 Å². The standard InChI is InChI=1S/C16H11Br2NO4/c1-10-3-2-4-12(7-10)16(20)23-15-11(5-6-19(21)22)8-13(17)9-14(15)18/h2-9H,1H3. The van der Waals surface area contributed by atoms with Crippen LogP contribution in [0.3, 0.4) is 0 Å². The largest absolute Gasteiger partial charge is 0.421 e. The fraction of sp³-hybridized carbons (Fsp3) is 0.0625. The van der Waals surface area contributed by atoms with Crippen LogP contribution in [0.25, 0.3) is 6.08 Å². The van der Waals surface area contributed by atoms with Gasteiger partial charge < -0.3 is 4.74 Å². The number of esters is 1. The minimum Gasteiger partial charge on any atom is -0.421 e. The summed E-state index contributed by atoms with van der Waals surface area (Å²) in [5.74, 6) is -0.315. The van der Waals surface area contributed by atoms with E-state index in [4.69, 9.17) is 4.74 Å². The van der Waals surface area contributed by atoms with E-state index in [9.17, 15) is 14.9 Å². The predicted molar refractivity (Wildman–Crippen MR) is 94.0 cm³/mol. The summed E-state index contributed by atoms with van der Waals surface area (Å²) in [6.07, 6.45) is 2.06. The highest BCUT2D eigenvalue weighted by Crippen LogP contribution is 2.34. The van der Waals surface area contributed by atoms with Crippen molar-refractivity contribution in [2.45, 2.75) is 6.92 Å². The summed E-state index contributed by atoms with van der Waals surface area (Å²) < 4.78 is 6.63. The average Bonchev–Trinajstić information content (AvgIpc) is 2.47. The zero-order chi connectivity index (χ0) is 17.0. The third-order valence-corrected chi connectivity index (χ3v) is 3.91. The Bertz CT molecular complexity index is 803. The molecule has 0 aliphatic heterocycles. The van der Waals surface area contributed by atoms with Crippen LogP contribution in [0.4, 0.5) is 0 Å². The van der Waals surface area contributed by atoms with Gasteiger partial charge in [-0.3, -0.25) is 10.1 Å². The van der Waals surface area contributed by atoms with Crippen LogP contribution in [0.1, 0.15) is 21.5 Å². The number of nitrogens with zero attached hydrogens (tertiary/aromatic N) is 1. The van der Waals surface area contributed by atoms with Crippen molar-refractivity contribution in [3.05, 3.63) is 78.3 Å². The zero-order valence-electron chi connectivity index (χ0n) is 12.0. The Kier molecular flexibility index (Phi) is 5.68. The number of carbonyl (C=O) groups is 1. The molecule has 0 fully saturated rings. The number of benzene rings is 2. The molecule has 0 unspecified atom stereocenters. The topological polar surface area (TPSA) is 69.4 Å². The van der Waals surface area contributed by atoms with Crippen molar-refractivity contribution in [3.8, 4) is 5.75 Å². The molecule has 5 nitrogen and oxygen atoms in total. The molecule has 7 heteroatoms. The molecule has 0 saturated carbocycles. The number of carbonyl (C=O) groups excluding carboxylic acids is 1. The monoisotopic (exact) mass is 439 g/mol. The van der Waals surface area contributed by atoms with E-state index in [0.29, 0.717) is 20.1 Å². The van der Waals surface area contributed by atoms with Gasteiger partial charge >= 0.3 is 5.97 Å². The summed E-state index contributed by atoms with van der Waals surface area (Å²) in [6.45, 7) is 1.87. The molecule has 0 saturated heterocycles. The van der Waals surface area contributed by atoms with Crippen molar-refractivity contribution in [3.63, 3.8) is 0 Å². The molecule has 118 valence electrons. The lowest BCUT2D eigenvalue weighted by Crippen LogP contribution is -2.10. The van der Waals surface area contributed by atoms with E-state index in [-0.39, 0.29) is 5.75 Å². The highest BCUT2D eigenvalue weighted by Gasteiger charge is 2.15. The lowest BCUT2D eigenvalue weighted by molar-refractivity contribution is -0.400. The van der Waals surface area contributed by atoms with E-state index in [2.05, 4.69) is 31.9 Å². The number of hydrogen-bond acceptors (Lipinski definition) is 4. The van der Waals surface area contributed by atoms with E-state index in [1.165, 1.54) is 6.08 Å². The normalized spacial score (nSPS) is 10.7. The van der Waals surface area contributed by atoms with Gasteiger partial charge in [0, 0.05) is 16.1 Å². The zero-order valence-corrected chi connectivity index (χ0v) is 15.1. The van der Waals surface area contributed by atoms with Gasteiger partial charge in [0.25, 0.3) is 0 Å². The first-order valence-electron chi connectivity index (χ1n) is 6.46. The van der Waals surface area contributed by atoms with Crippen LogP contribution in [-0.4, -0.2) is 10.9 Å². The van der Waals surface area contributed by atoms with E-state index >= 15 is 0 Å². The molecular weight excluding hydrogens is 430 g/mol. The van der Waals surface area contributed by atoms with E-state index in [1.54, 1.807) is 30.3 Å². The molecule has 0 radical (unpaired) electrons. The van der Waals surface area contributed by atoms with Crippen LogP contribution >= 0.6 is 31.9 Å². The quantitative estimate of drug-likeness (QED) is 0.290. The van der Waals surface area contributed by atoms with Gasteiger partial charge in [0.15, 0.2) is 5.75 Å². The van der Waals surface area contributed by atoms with Crippen LogP contribution in [0.5, 0.6) is 5.75 Å². The van der Waals surface area contributed by atoms with Crippen LogP contribution in [-0.2, 0) is 0 Å². The fourth-order valence-electron chi connectivity index (χ4n) is 1.88. The van der Waals surface area contributed by atoms with Gasteiger partial charge in [-0.2, -0.15) is 0 Å². The molecule has 0 aliphatic carbocycles. The molecule has 0 amide bonds. The van der Waals surface area contributed by atoms with Gasteiger partial charge in [0.1, 0.15) is 0 Å². The predicted octanol–water partition coefficient (Wildman–Crippen LogP) is 4.99. The maximum absolute atomic E-state index is 12.3. The third-order valence-electron chi connectivity index (χ3n) is 2.86. The highest BCUT2D eigenvalue weighted by atomic mass is 79.9. The van der Waals surface area contributed by atoms with Gasteiger partial charge in [-0.05, 0) is 47.1 Å². The minimum atomic E-state index is -0.582. The summed E-state index contributed by atoms with van der Waals surface area (Å²) in [5.41, 5.74) is 1.75. The Morgan fingerprint density at radius 3 is 2.65 bits per heavy atom. The third kappa shape index (κ3) is 4.74. The Hall–Kier alpha value is -1.99. The first-order valence-corrected chi connectivity index (χ1v) is 8.05. The van der Waals surface area contributed by atoms with Crippen molar-refractivity contribution in [1.29, 1.82) is 0 Å². The second kappa shape index (κ2) is 7.52. The summed E-state index contributed by atoms with van der Waals surface area (Å²) >= 11 is 6.61. The number of halogens is 2. The summed E-state index contributed by atoms with van der Waals surface area (Å²) in [7, 11) is 0. The van der Waals surface area contributed by atoms with Crippen molar-refractivity contribution in [2.24, 2.45) is 0 Å². The molecule has 0 bridgehead atoms. The Labute approximate surface area is 149 Å². The summed E-state index contributed by atoms with van der Waals surface area (Å²) in [5, 5.41) is 10.5. The Morgan fingerprint density at radius 2 is 2.00 bits per heavy atom.